The molecule has 2 amide bonds. The van der Waals surface area contributed by atoms with E-state index < -0.39 is 6.04 Å². The first kappa shape index (κ1) is 23.8. The minimum absolute atomic E-state index is 0.0769. The molecule has 3 aromatic carbocycles. The fourth-order valence-corrected chi connectivity index (χ4v) is 4.03. The highest BCUT2D eigenvalue weighted by atomic mass is 35.5. The Hall–Kier alpha value is -2.82. The van der Waals surface area contributed by atoms with Gasteiger partial charge in [-0.2, -0.15) is 0 Å². The van der Waals surface area contributed by atoms with Crippen LogP contribution in [0.15, 0.2) is 78.9 Å². The van der Waals surface area contributed by atoms with Crippen LogP contribution in [0.1, 0.15) is 23.6 Å². The van der Waals surface area contributed by atoms with Gasteiger partial charge >= 0.3 is 0 Å². The van der Waals surface area contributed by atoms with E-state index in [0.717, 1.165) is 11.1 Å². The Kier molecular flexibility index (Phi) is 8.72. The van der Waals surface area contributed by atoms with Crippen molar-refractivity contribution < 1.29 is 9.59 Å². The van der Waals surface area contributed by atoms with Crippen molar-refractivity contribution in [2.45, 2.75) is 32.4 Å². The van der Waals surface area contributed by atoms with Crippen LogP contribution in [0.2, 0.25) is 10.0 Å². The van der Waals surface area contributed by atoms with Crippen molar-refractivity contribution in [2.75, 3.05) is 6.54 Å². The standard InChI is InChI=1S/C26H26Cl2N2O2/c1-2-29-26(32)24(15-19-9-5-3-6-10-19)30(18-20-11-7-4-8-12-20)25(31)16-21-13-14-22(27)17-23(21)28/h3-14,17,24H,2,15-16,18H2,1H3,(H,29,32)/t24-/m0/s1. The number of halogens is 2. The molecule has 1 atom stereocenters. The van der Waals surface area contributed by atoms with Crippen LogP contribution in [0.4, 0.5) is 0 Å². The molecule has 166 valence electrons. The Bertz CT molecular complexity index is 1040. The van der Waals surface area contributed by atoms with Crippen molar-refractivity contribution >= 4 is 35.0 Å². The molecule has 0 aromatic heterocycles. The number of nitrogens with one attached hydrogen (secondary N) is 1. The van der Waals surface area contributed by atoms with Gasteiger partial charge in [0.05, 0.1) is 6.42 Å². The van der Waals surface area contributed by atoms with Crippen molar-refractivity contribution in [3.63, 3.8) is 0 Å². The second kappa shape index (κ2) is 11.7. The summed E-state index contributed by atoms with van der Waals surface area (Å²) in [6, 6.07) is 23.8. The molecule has 0 aliphatic rings. The van der Waals surface area contributed by atoms with E-state index in [2.05, 4.69) is 5.32 Å². The molecule has 0 fully saturated rings. The first-order valence-corrected chi connectivity index (χ1v) is 11.3. The number of benzene rings is 3. The molecule has 0 radical (unpaired) electrons. The summed E-state index contributed by atoms with van der Waals surface area (Å²) in [5.74, 6) is -0.354. The van der Waals surface area contributed by atoms with Crippen LogP contribution in [0.3, 0.4) is 0 Å². The fourth-order valence-electron chi connectivity index (χ4n) is 3.56. The predicted molar refractivity (Wildman–Crippen MR) is 130 cm³/mol. The lowest BCUT2D eigenvalue weighted by Gasteiger charge is -2.31. The summed E-state index contributed by atoms with van der Waals surface area (Å²) < 4.78 is 0. The van der Waals surface area contributed by atoms with Gasteiger partial charge in [0.25, 0.3) is 0 Å². The van der Waals surface area contributed by atoms with Gasteiger partial charge in [0, 0.05) is 29.6 Å². The Morgan fingerprint density at radius 2 is 1.53 bits per heavy atom. The number of carbonyl (C=O) groups excluding carboxylic acids is 2. The SMILES string of the molecule is CCNC(=O)[C@H](Cc1ccccc1)N(Cc1ccccc1)C(=O)Cc1ccc(Cl)cc1Cl. The van der Waals surface area contributed by atoms with E-state index in [9.17, 15) is 9.59 Å². The molecule has 0 spiro atoms. The highest BCUT2D eigenvalue weighted by Crippen LogP contribution is 2.23. The summed E-state index contributed by atoms with van der Waals surface area (Å²) in [5.41, 5.74) is 2.61. The van der Waals surface area contributed by atoms with E-state index in [0.29, 0.717) is 35.1 Å². The molecule has 0 saturated carbocycles. The van der Waals surface area contributed by atoms with Crippen molar-refractivity contribution in [1.82, 2.24) is 10.2 Å². The third kappa shape index (κ3) is 6.59. The normalized spacial score (nSPS) is 11.6. The average Bonchev–Trinajstić information content (AvgIpc) is 2.79. The van der Waals surface area contributed by atoms with Gasteiger partial charge in [0.15, 0.2) is 0 Å². The second-order valence-corrected chi connectivity index (χ2v) is 8.36. The maximum absolute atomic E-state index is 13.5. The fraction of sp³-hybridized carbons (Fsp3) is 0.231. The highest BCUT2D eigenvalue weighted by molar-refractivity contribution is 6.35. The summed E-state index contributed by atoms with van der Waals surface area (Å²) in [6.45, 7) is 2.67. The number of hydrogen-bond acceptors (Lipinski definition) is 2. The van der Waals surface area contributed by atoms with Crippen LogP contribution < -0.4 is 5.32 Å². The average molecular weight is 469 g/mol. The van der Waals surface area contributed by atoms with Gasteiger partial charge in [-0.05, 0) is 35.7 Å². The van der Waals surface area contributed by atoms with Crippen molar-refractivity contribution in [3.8, 4) is 0 Å². The summed E-state index contributed by atoms with van der Waals surface area (Å²) in [7, 11) is 0. The maximum Gasteiger partial charge on any atom is 0.243 e. The molecule has 32 heavy (non-hydrogen) atoms. The maximum atomic E-state index is 13.5. The molecule has 0 aliphatic carbocycles. The summed E-state index contributed by atoms with van der Waals surface area (Å²) in [5, 5.41) is 3.84. The van der Waals surface area contributed by atoms with Crippen molar-refractivity contribution in [1.29, 1.82) is 0 Å². The summed E-state index contributed by atoms with van der Waals surface area (Å²) in [4.78, 5) is 28.3. The minimum atomic E-state index is -0.656. The zero-order chi connectivity index (χ0) is 22.9. The van der Waals surface area contributed by atoms with Gasteiger partial charge in [-0.15, -0.1) is 0 Å². The van der Waals surface area contributed by atoms with Crippen LogP contribution in [0, 0.1) is 0 Å². The quantitative estimate of drug-likeness (QED) is 0.462. The predicted octanol–water partition coefficient (Wildman–Crippen LogP) is 5.31. The third-order valence-electron chi connectivity index (χ3n) is 5.17. The summed E-state index contributed by atoms with van der Waals surface area (Å²) >= 11 is 12.3. The molecule has 0 bridgehead atoms. The van der Waals surface area contributed by atoms with E-state index in [-0.39, 0.29) is 18.2 Å². The lowest BCUT2D eigenvalue weighted by molar-refractivity contribution is -0.140. The zero-order valence-electron chi connectivity index (χ0n) is 17.9. The van der Waals surface area contributed by atoms with Crippen LogP contribution >= 0.6 is 23.2 Å². The van der Waals surface area contributed by atoms with E-state index in [4.69, 9.17) is 23.2 Å². The van der Waals surface area contributed by atoms with Crippen molar-refractivity contribution in [2.24, 2.45) is 0 Å². The number of hydrogen-bond donors (Lipinski definition) is 1. The molecule has 1 N–H and O–H groups in total. The molecular formula is C26H26Cl2N2O2. The number of carbonyl (C=O) groups is 2. The van der Waals surface area contributed by atoms with E-state index in [1.807, 2.05) is 67.6 Å². The topological polar surface area (TPSA) is 49.4 Å². The van der Waals surface area contributed by atoms with Gasteiger partial charge in [0.1, 0.15) is 6.04 Å². The number of nitrogens with zero attached hydrogens (tertiary/aromatic N) is 1. The molecule has 6 heteroatoms. The van der Waals surface area contributed by atoms with Gasteiger partial charge in [-0.25, -0.2) is 0 Å². The van der Waals surface area contributed by atoms with Crippen LogP contribution in [0.25, 0.3) is 0 Å². The van der Waals surface area contributed by atoms with Crippen LogP contribution in [-0.2, 0) is 29.0 Å². The zero-order valence-corrected chi connectivity index (χ0v) is 19.4. The number of amides is 2. The lowest BCUT2D eigenvalue weighted by Crippen LogP contribution is -2.50. The van der Waals surface area contributed by atoms with Gasteiger partial charge in [0.2, 0.25) is 11.8 Å². The Morgan fingerprint density at radius 1 is 0.906 bits per heavy atom. The smallest absolute Gasteiger partial charge is 0.243 e. The summed E-state index contributed by atoms with van der Waals surface area (Å²) in [6.07, 6.45) is 0.493. The van der Waals surface area contributed by atoms with E-state index >= 15 is 0 Å². The molecule has 4 nitrogen and oxygen atoms in total. The lowest BCUT2D eigenvalue weighted by atomic mass is 10.0. The van der Waals surface area contributed by atoms with Gasteiger partial charge < -0.3 is 10.2 Å². The van der Waals surface area contributed by atoms with Crippen LogP contribution in [-0.4, -0.2) is 29.3 Å². The first-order chi connectivity index (χ1) is 15.5. The minimum Gasteiger partial charge on any atom is -0.355 e. The van der Waals surface area contributed by atoms with E-state index in [1.54, 1.807) is 23.1 Å². The monoisotopic (exact) mass is 468 g/mol. The molecule has 0 unspecified atom stereocenters. The van der Waals surface area contributed by atoms with Gasteiger partial charge in [-0.3, -0.25) is 9.59 Å². The molecule has 0 aliphatic heterocycles. The first-order valence-electron chi connectivity index (χ1n) is 10.6. The molecule has 3 aromatic rings. The molecular weight excluding hydrogens is 443 g/mol. The molecule has 0 heterocycles. The van der Waals surface area contributed by atoms with Crippen molar-refractivity contribution in [3.05, 3.63) is 106 Å². The Balaban J connectivity index is 1.95. The molecule has 3 rings (SSSR count). The van der Waals surface area contributed by atoms with Gasteiger partial charge in [-0.1, -0.05) is 89.9 Å². The third-order valence-corrected chi connectivity index (χ3v) is 5.76. The Morgan fingerprint density at radius 3 is 2.12 bits per heavy atom. The van der Waals surface area contributed by atoms with E-state index in [1.165, 1.54) is 0 Å². The largest absolute Gasteiger partial charge is 0.355 e. The number of rotatable bonds is 9. The van der Waals surface area contributed by atoms with Crippen LogP contribution in [0.5, 0.6) is 0 Å². The second-order valence-electron chi connectivity index (χ2n) is 7.52. The Labute approximate surface area is 199 Å². The molecule has 0 saturated heterocycles. The number of likely N-dealkylation sites (N-methyl/N-ethyl adjacent to an activating group) is 1. The highest BCUT2D eigenvalue weighted by Gasteiger charge is 2.30.